The molecule has 0 heterocycles. The zero-order chi connectivity index (χ0) is 7.82. The zero-order valence-electron chi connectivity index (χ0n) is 7.31. The minimum Gasteiger partial charge on any atom is -0.162 e. The van der Waals surface area contributed by atoms with Gasteiger partial charge < -0.3 is 0 Å². The Kier molecular flexibility index (Phi) is 7.26. The van der Waals surface area contributed by atoms with E-state index in [1.54, 1.807) is 0 Å². The van der Waals surface area contributed by atoms with Gasteiger partial charge in [-0.05, 0) is 38.2 Å². The smallest absolute Gasteiger partial charge is 0.00303 e. The lowest BCUT2D eigenvalue weighted by Crippen LogP contribution is -1.83. The molecule has 0 aliphatic heterocycles. The molecule has 0 unspecified atom stereocenters. The average molecular weight is 158 g/mol. The number of allylic oxidation sites excluding steroid dienone is 2. The monoisotopic (exact) mass is 158 g/mol. The summed E-state index contributed by atoms with van der Waals surface area (Å²) in [7, 11) is 0. The normalized spacial score (nSPS) is 12.1. The van der Waals surface area contributed by atoms with Crippen LogP contribution >= 0.6 is 11.8 Å². The van der Waals surface area contributed by atoms with Gasteiger partial charge in [0.1, 0.15) is 0 Å². The quantitative estimate of drug-likeness (QED) is 0.436. The summed E-state index contributed by atoms with van der Waals surface area (Å²) in [5, 5.41) is 0. The van der Waals surface area contributed by atoms with Crippen molar-refractivity contribution in [1.82, 2.24) is 0 Å². The summed E-state index contributed by atoms with van der Waals surface area (Å²) in [5.74, 6) is 2.61. The predicted molar refractivity (Wildman–Crippen MR) is 51.7 cm³/mol. The van der Waals surface area contributed by atoms with Gasteiger partial charge in [0.05, 0.1) is 0 Å². The lowest BCUT2D eigenvalue weighted by atomic mass is 10.2. The van der Waals surface area contributed by atoms with Crippen molar-refractivity contribution in [3.63, 3.8) is 0 Å². The molecule has 0 N–H and O–H groups in total. The van der Waals surface area contributed by atoms with Crippen molar-refractivity contribution in [2.24, 2.45) is 0 Å². The Labute approximate surface area is 69.1 Å². The average Bonchev–Trinajstić information content (AvgIpc) is 1.98. The van der Waals surface area contributed by atoms with Crippen LogP contribution in [0.4, 0.5) is 0 Å². The second kappa shape index (κ2) is 7.20. The third-order valence-electron chi connectivity index (χ3n) is 1.48. The van der Waals surface area contributed by atoms with Crippen molar-refractivity contribution < 1.29 is 0 Å². The van der Waals surface area contributed by atoms with E-state index in [0.29, 0.717) is 0 Å². The van der Waals surface area contributed by atoms with E-state index in [4.69, 9.17) is 0 Å². The molecule has 60 valence electrons. The van der Waals surface area contributed by atoms with Gasteiger partial charge in [-0.3, -0.25) is 0 Å². The molecule has 0 rings (SSSR count). The summed E-state index contributed by atoms with van der Waals surface area (Å²) >= 11 is 2.06. The summed E-state index contributed by atoms with van der Waals surface area (Å²) < 4.78 is 0. The minimum absolute atomic E-state index is 1.27. The van der Waals surface area contributed by atoms with E-state index in [-0.39, 0.29) is 0 Å². The van der Waals surface area contributed by atoms with Crippen molar-refractivity contribution in [1.29, 1.82) is 0 Å². The van der Waals surface area contributed by atoms with Gasteiger partial charge >= 0.3 is 0 Å². The first-order valence-electron chi connectivity index (χ1n) is 4.00. The fourth-order valence-corrected chi connectivity index (χ4v) is 1.58. The summed E-state index contributed by atoms with van der Waals surface area (Å²) in [6, 6.07) is 0. The summed E-state index contributed by atoms with van der Waals surface area (Å²) in [6.45, 7) is 6.54. The Morgan fingerprint density at radius 2 is 2.10 bits per heavy atom. The summed E-state index contributed by atoms with van der Waals surface area (Å²) in [5.41, 5.74) is 1.52. The Hall–Kier alpha value is 0.0900. The number of thioether (sulfide) groups is 1. The largest absolute Gasteiger partial charge is 0.162 e. The number of hydrogen-bond acceptors (Lipinski definition) is 1. The summed E-state index contributed by atoms with van der Waals surface area (Å²) in [4.78, 5) is 0. The number of hydrogen-bond donors (Lipinski definition) is 0. The van der Waals surface area contributed by atoms with Crippen LogP contribution in [0.25, 0.3) is 0 Å². The Morgan fingerprint density at radius 3 is 2.60 bits per heavy atom. The summed E-state index contributed by atoms with van der Waals surface area (Å²) in [6.07, 6.45) is 4.77. The van der Waals surface area contributed by atoms with E-state index in [2.05, 4.69) is 38.6 Å². The highest BCUT2D eigenvalue weighted by molar-refractivity contribution is 7.99. The standard InChI is InChI=1S/C9H18S/c1-4-7-10-8-6-9(3)5-2/h5H,4,6-8H2,1-3H3. The molecule has 0 aromatic heterocycles. The molecule has 0 aliphatic carbocycles. The van der Waals surface area contributed by atoms with Gasteiger partial charge in [-0.1, -0.05) is 18.6 Å². The third kappa shape index (κ3) is 6.21. The van der Waals surface area contributed by atoms with Crippen LogP contribution in [0.5, 0.6) is 0 Å². The minimum atomic E-state index is 1.27. The van der Waals surface area contributed by atoms with Gasteiger partial charge in [0.25, 0.3) is 0 Å². The molecule has 10 heavy (non-hydrogen) atoms. The van der Waals surface area contributed by atoms with Crippen LogP contribution in [0.3, 0.4) is 0 Å². The Balaban J connectivity index is 3.04. The zero-order valence-corrected chi connectivity index (χ0v) is 8.13. The lowest BCUT2D eigenvalue weighted by molar-refractivity contribution is 1.08. The van der Waals surface area contributed by atoms with Crippen LogP contribution in [-0.2, 0) is 0 Å². The third-order valence-corrected chi connectivity index (χ3v) is 2.67. The van der Waals surface area contributed by atoms with E-state index < -0.39 is 0 Å². The highest BCUT2D eigenvalue weighted by Crippen LogP contribution is 2.08. The highest BCUT2D eigenvalue weighted by atomic mass is 32.2. The first-order valence-corrected chi connectivity index (χ1v) is 5.16. The van der Waals surface area contributed by atoms with Gasteiger partial charge in [-0.25, -0.2) is 0 Å². The lowest BCUT2D eigenvalue weighted by Gasteiger charge is -1.98. The van der Waals surface area contributed by atoms with Crippen molar-refractivity contribution in [2.75, 3.05) is 11.5 Å². The van der Waals surface area contributed by atoms with Crippen molar-refractivity contribution in [3.05, 3.63) is 11.6 Å². The number of rotatable bonds is 5. The van der Waals surface area contributed by atoms with E-state index in [1.807, 2.05) is 0 Å². The molecule has 0 atom stereocenters. The van der Waals surface area contributed by atoms with Gasteiger partial charge in [0, 0.05) is 0 Å². The molecular weight excluding hydrogens is 140 g/mol. The molecule has 0 spiro atoms. The molecule has 0 aromatic carbocycles. The molecule has 0 aromatic rings. The maximum absolute atomic E-state index is 2.23. The second-order valence-electron chi connectivity index (χ2n) is 2.50. The van der Waals surface area contributed by atoms with Crippen LogP contribution in [0.15, 0.2) is 11.6 Å². The molecule has 0 saturated carbocycles. The van der Waals surface area contributed by atoms with Gasteiger partial charge in [-0.15, -0.1) is 0 Å². The maximum atomic E-state index is 2.23. The second-order valence-corrected chi connectivity index (χ2v) is 3.72. The molecule has 0 radical (unpaired) electrons. The van der Waals surface area contributed by atoms with Crippen LogP contribution < -0.4 is 0 Å². The first-order chi connectivity index (χ1) is 4.81. The first kappa shape index (κ1) is 10.1. The van der Waals surface area contributed by atoms with Gasteiger partial charge in [0.2, 0.25) is 0 Å². The highest BCUT2D eigenvalue weighted by Gasteiger charge is 1.88. The van der Waals surface area contributed by atoms with Crippen LogP contribution in [-0.4, -0.2) is 11.5 Å². The van der Waals surface area contributed by atoms with Crippen LogP contribution in [0.1, 0.15) is 33.6 Å². The predicted octanol–water partition coefficient (Wildman–Crippen LogP) is 3.49. The van der Waals surface area contributed by atoms with E-state index in [0.717, 1.165) is 0 Å². The fourth-order valence-electron chi connectivity index (χ4n) is 0.624. The Bertz CT molecular complexity index is 94.9. The molecule has 0 aliphatic rings. The molecule has 0 nitrogen and oxygen atoms in total. The molecular formula is C9H18S. The SMILES string of the molecule is CC=C(C)CCSCCC. The van der Waals surface area contributed by atoms with E-state index in [1.165, 1.54) is 29.9 Å². The molecule has 1 heteroatoms. The topological polar surface area (TPSA) is 0 Å². The van der Waals surface area contributed by atoms with Crippen molar-refractivity contribution >= 4 is 11.8 Å². The Morgan fingerprint density at radius 1 is 1.40 bits per heavy atom. The van der Waals surface area contributed by atoms with Gasteiger partial charge in [-0.2, -0.15) is 11.8 Å². The van der Waals surface area contributed by atoms with Crippen LogP contribution in [0.2, 0.25) is 0 Å². The molecule has 0 fully saturated rings. The molecule has 0 bridgehead atoms. The van der Waals surface area contributed by atoms with Crippen molar-refractivity contribution in [2.45, 2.75) is 33.6 Å². The van der Waals surface area contributed by atoms with E-state index in [9.17, 15) is 0 Å². The van der Waals surface area contributed by atoms with Crippen molar-refractivity contribution in [3.8, 4) is 0 Å². The fraction of sp³-hybridized carbons (Fsp3) is 0.778. The van der Waals surface area contributed by atoms with E-state index >= 15 is 0 Å². The van der Waals surface area contributed by atoms with Crippen LogP contribution in [0, 0.1) is 0 Å². The molecule has 0 saturated heterocycles. The van der Waals surface area contributed by atoms with Gasteiger partial charge in [0.15, 0.2) is 0 Å². The molecule has 0 amide bonds. The maximum Gasteiger partial charge on any atom is -0.00303 e.